The highest BCUT2D eigenvalue weighted by Crippen LogP contribution is 2.29. The second-order valence-electron chi connectivity index (χ2n) is 5.12. The number of ether oxygens (including phenoxy) is 1. The first kappa shape index (κ1) is 19.5. The summed E-state index contributed by atoms with van der Waals surface area (Å²) in [5.41, 5.74) is -1.52. The normalized spacial score (nSPS) is 11.1. The van der Waals surface area contributed by atoms with Gasteiger partial charge in [-0.05, 0) is 30.3 Å². The van der Waals surface area contributed by atoms with Crippen molar-refractivity contribution in [2.45, 2.75) is 12.7 Å². The molecule has 0 aliphatic heterocycles. The molecule has 1 N–H and O–H groups in total. The molecule has 0 atom stereocenters. The molecule has 0 bridgehead atoms. The molecule has 26 heavy (non-hydrogen) atoms. The molecule has 2 rings (SSSR count). The van der Waals surface area contributed by atoms with Crippen LogP contribution in [0.2, 0.25) is 5.02 Å². The second-order valence-corrected chi connectivity index (χ2v) is 5.53. The van der Waals surface area contributed by atoms with Crippen LogP contribution < -0.4 is 10.9 Å². The van der Waals surface area contributed by atoms with Gasteiger partial charge in [0, 0.05) is 11.9 Å². The van der Waals surface area contributed by atoms with Crippen LogP contribution in [0.5, 0.6) is 0 Å². The maximum Gasteiger partial charge on any atom is 0.417 e. The first-order valence-corrected chi connectivity index (χ1v) is 7.45. The molecule has 6 nitrogen and oxygen atoms in total. The Balaban J connectivity index is 2.16. The fraction of sp³-hybridized carbons (Fsp3) is 0.188. The van der Waals surface area contributed by atoms with E-state index >= 15 is 0 Å². The Morgan fingerprint density at radius 3 is 2.38 bits per heavy atom. The second kappa shape index (κ2) is 7.61. The predicted molar refractivity (Wildman–Crippen MR) is 87.1 cm³/mol. The Hall–Kier alpha value is -2.81. The van der Waals surface area contributed by atoms with Crippen LogP contribution in [-0.4, -0.2) is 23.6 Å². The minimum absolute atomic E-state index is 0.256. The molecular weight excluding hydrogens is 377 g/mol. The highest BCUT2D eigenvalue weighted by atomic mass is 35.5. The van der Waals surface area contributed by atoms with Gasteiger partial charge in [-0.3, -0.25) is 9.59 Å². The molecule has 138 valence electrons. The lowest BCUT2D eigenvalue weighted by Gasteiger charge is -2.12. The number of carbonyl (C=O) groups excluding carboxylic acids is 2. The van der Waals surface area contributed by atoms with Crippen LogP contribution in [0, 0.1) is 0 Å². The maximum absolute atomic E-state index is 12.8. The predicted octanol–water partition coefficient (Wildman–Crippen LogP) is 2.95. The van der Waals surface area contributed by atoms with Gasteiger partial charge in [0.2, 0.25) is 5.91 Å². The molecule has 0 radical (unpaired) electrons. The number of rotatable bonds is 4. The summed E-state index contributed by atoms with van der Waals surface area (Å²) < 4.78 is 43.5. The highest BCUT2D eigenvalue weighted by molar-refractivity contribution is 6.30. The average Bonchev–Trinajstić information content (AvgIpc) is 2.57. The molecule has 2 aromatic rings. The molecule has 0 unspecified atom stereocenters. The number of amides is 1. The Bertz CT molecular complexity index is 892. The van der Waals surface area contributed by atoms with Gasteiger partial charge in [0.25, 0.3) is 5.56 Å². The number of alkyl halides is 3. The van der Waals surface area contributed by atoms with Gasteiger partial charge in [0.15, 0.2) is 0 Å². The zero-order valence-corrected chi connectivity index (χ0v) is 14.0. The fourth-order valence-electron chi connectivity index (χ4n) is 2.03. The SMILES string of the molecule is COC(=O)c1ccc(NC(=O)Cn2cc(C(F)(F)F)cc(Cl)c2=O)cc1. The molecule has 1 heterocycles. The van der Waals surface area contributed by atoms with E-state index in [0.717, 1.165) is 0 Å². The molecule has 1 amide bonds. The molecule has 1 aromatic carbocycles. The van der Waals surface area contributed by atoms with Gasteiger partial charge in [0.05, 0.1) is 18.2 Å². The summed E-state index contributed by atoms with van der Waals surface area (Å²) in [5.74, 6) is -1.30. The molecule has 0 aliphatic rings. The van der Waals surface area contributed by atoms with E-state index in [1.54, 1.807) is 0 Å². The molecular formula is C16H12ClF3N2O4. The van der Waals surface area contributed by atoms with Crippen molar-refractivity contribution >= 4 is 29.2 Å². The Kier molecular flexibility index (Phi) is 5.71. The molecule has 0 saturated heterocycles. The number of anilines is 1. The maximum atomic E-state index is 12.8. The zero-order chi connectivity index (χ0) is 19.5. The summed E-state index contributed by atoms with van der Waals surface area (Å²) in [4.78, 5) is 35.1. The van der Waals surface area contributed by atoms with E-state index in [-0.39, 0.29) is 11.3 Å². The average molecular weight is 389 g/mol. The zero-order valence-electron chi connectivity index (χ0n) is 13.3. The summed E-state index contributed by atoms with van der Waals surface area (Å²) >= 11 is 5.52. The number of esters is 1. The van der Waals surface area contributed by atoms with Crippen molar-refractivity contribution in [3.63, 3.8) is 0 Å². The fourth-order valence-corrected chi connectivity index (χ4v) is 2.26. The number of benzene rings is 1. The first-order chi connectivity index (χ1) is 12.1. The third-order valence-corrected chi connectivity index (χ3v) is 3.54. The van der Waals surface area contributed by atoms with E-state index in [1.165, 1.54) is 31.4 Å². The van der Waals surface area contributed by atoms with Crippen molar-refractivity contribution in [2.75, 3.05) is 12.4 Å². The lowest BCUT2D eigenvalue weighted by molar-refractivity contribution is -0.138. The number of pyridine rings is 1. The van der Waals surface area contributed by atoms with E-state index in [9.17, 15) is 27.6 Å². The third kappa shape index (κ3) is 4.63. The number of aromatic nitrogens is 1. The van der Waals surface area contributed by atoms with Crippen LogP contribution in [-0.2, 0) is 22.3 Å². The van der Waals surface area contributed by atoms with Crippen LogP contribution in [0.25, 0.3) is 0 Å². The minimum atomic E-state index is -4.71. The number of nitrogens with zero attached hydrogens (tertiary/aromatic N) is 1. The largest absolute Gasteiger partial charge is 0.465 e. The monoisotopic (exact) mass is 388 g/mol. The van der Waals surface area contributed by atoms with E-state index in [2.05, 4.69) is 10.1 Å². The lowest BCUT2D eigenvalue weighted by atomic mass is 10.2. The molecule has 0 saturated carbocycles. The summed E-state index contributed by atoms with van der Waals surface area (Å²) in [5, 5.41) is 1.76. The Labute approximate surface area is 150 Å². The van der Waals surface area contributed by atoms with Crippen molar-refractivity contribution in [3.8, 4) is 0 Å². The lowest BCUT2D eigenvalue weighted by Crippen LogP contribution is -2.29. The number of carbonyl (C=O) groups is 2. The molecule has 0 spiro atoms. The van der Waals surface area contributed by atoms with Crippen molar-refractivity contribution in [1.29, 1.82) is 0 Å². The van der Waals surface area contributed by atoms with Crippen molar-refractivity contribution in [1.82, 2.24) is 4.57 Å². The third-order valence-electron chi connectivity index (χ3n) is 3.27. The van der Waals surface area contributed by atoms with Gasteiger partial charge in [-0.15, -0.1) is 0 Å². The van der Waals surface area contributed by atoms with Gasteiger partial charge in [0.1, 0.15) is 11.6 Å². The molecule has 0 aliphatic carbocycles. The van der Waals surface area contributed by atoms with Gasteiger partial charge < -0.3 is 14.6 Å². The standard InChI is InChI=1S/C16H12ClF3N2O4/c1-26-15(25)9-2-4-11(5-3-9)21-13(23)8-22-7-10(16(18,19)20)6-12(17)14(22)24/h2-7H,8H2,1H3,(H,21,23). The highest BCUT2D eigenvalue weighted by Gasteiger charge is 2.32. The first-order valence-electron chi connectivity index (χ1n) is 7.07. The van der Waals surface area contributed by atoms with Gasteiger partial charge in [-0.1, -0.05) is 11.6 Å². The number of halogens is 4. The van der Waals surface area contributed by atoms with Crippen molar-refractivity contribution in [3.05, 3.63) is 63.0 Å². The quantitative estimate of drug-likeness (QED) is 0.817. The summed E-state index contributed by atoms with van der Waals surface area (Å²) in [7, 11) is 1.22. The van der Waals surface area contributed by atoms with E-state index in [1.807, 2.05) is 0 Å². The molecule has 1 aromatic heterocycles. The number of nitrogens with one attached hydrogen (secondary N) is 1. The molecule has 0 fully saturated rings. The number of hydrogen-bond donors (Lipinski definition) is 1. The summed E-state index contributed by atoms with van der Waals surface area (Å²) in [6, 6.07) is 6.12. The van der Waals surface area contributed by atoms with Gasteiger partial charge >= 0.3 is 12.1 Å². The minimum Gasteiger partial charge on any atom is -0.465 e. The van der Waals surface area contributed by atoms with E-state index in [4.69, 9.17) is 11.6 Å². The van der Waals surface area contributed by atoms with Gasteiger partial charge in [-0.25, -0.2) is 4.79 Å². The Morgan fingerprint density at radius 2 is 1.85 bits per heavy atom. The van der Waals surface area contributed by atoms with Crippen molar-refractivity contribution in [2.24, 2.45) is 0 Å². The Morgan fingerprint density at radius 1 is 1.23 bits per heavy atom. The van der Waals surface area contributed by atoms with Crippen molar-refractivity contribution < 1.29 is 27.5 Å². The van der Waals surface area contributed by atoms with Crippen LogP contribution in [0.3, 0.4) is 0 Å². The summed E-state index contributed by atoms with van der Waals surface area (Å²) in [6.07, 6.45) is -4.19. The molecule has 10 heteroatoms. The van der Waals surface area contributed by atoms with Gasteiger partial charge in [-0.2, -0.15) is 13.2 Å². The number of hydrogen-bond acceptors (Lipinski definition) is 4. The summed E-state index contributed by atoms with van der Waals surface area (Å²) in [6.45, 7) is -0.665. The van der Waals surface area contributed by atoms with Crippen LogP contribution in [0.4, 0.5) is 18.9 Å². The number of methoxy groups -OCH3 is 1. The van der Waals surface area contributed by atoms with Crippen LogP contribution in [0.15, 0.2) is 41.3 Å². The van der Waals surface area contributed by atoms with Crippen LogP contribution in [0.1, 0.15) is 15.9 Å². The van der Waals surface area contributed by atoms with E-state index < -0.39 is 40.7 Å². The van der Waals surface area contributed by atoms with E-state index in [0.29, 0.717) is 16.8 Å². The smallest absolute Gasteiger partial charge is 0.417 e. The van der Waals surface area contributed by atoms with Crippen LogP contribution >= 0.6 is 11.6 Å². The topological polar surface area (TPSA) is 77.4 Å².